The molecule has 2 aromatic heterocycles. The van der Waals surface area contributed by atoms with Gasteiger partial charge in [0.25, 0.3) is 0 Å². The molecular weight excluding hydrogens is 334 g/mol. The molecule has 3 aromatic rings. The number of hydrogen-bond acceptors (Lipinski definition) is 5. The fourth-order valence-corrected chi connectivity index (χ4v) is 3.87. The van der Waals surface area contributed by atoms with Crippen LogP contribution in [0.3, 0.4) is 0 Å². The zero-order chi connectivity index (χ0) is 17.2. The molecule has 0 saturated heterocycles. The van der Waals surface area contributed by atoms with Crippen molar-refractivity contribution in [1.29, 1.82) is 0 Å². The summed E-state index contributed by atoms with van der Waals surface area (Å²) in [5.41, 5.74) is 2.29. The zero-order valence-electron chi connectivity index (χ0n) is 14.0. The van der Waals surface area contributed by atoms with Gasteiger partial charge in [0.2, 0.25) is 17.6 Å². The normalized spacial score (nSPS) is 16.7. The number of aromatic nitrogens is 2. The van der Waals surface area contributed by atoms with Crippen molar-refractivity contribution in [2.45, 2.75) is 32.1 Å². The monoisotopic (exact) mass is 353 g/mol. The fourth-order valence-electron chi connectivity index (χ4n) is 3.22. The van der Waals surface area contributed by atoms with E-state index in [-0.39, 0.29) is 5.91 Å². The van der Waals surface area contributed by atoms with Crippen molar-refractivity contribution in [3.05, 3.63) is 53.2 Å². The number of nitrogens with zero attached hydrogens (tertiary/aromatic N) is 3. The van der Waals surface area contributed by atoms with E-state index < -0.39 is 0 Å². The van der Waals surface area contributed by atoms with Gasteiger partial charge in [-0.3, -0.25) is 4.79 Å². The molecule has 0 saturated carbocycles. The van der Waals surface area contributed by atoms with Crippen LogP contribution in [0.5, 0.6) is 0 Å². The number of amides is 1. The second-order valence-electron chi connectivity index (χ2n) is 6.28. The second kappa shape index (κ2) is 6.80. The third-order valence-corrected chi connectivity index (χ3v) is 5.47. The molecular formula is C19H19N3O2S. The molecule has 1 amide bonds. The van der Waals surface area contributed by atoms with Crippen LogP contribution >= 0.6 is 11.3 Å². The van der Waals surface area contributed by atoms with Gasteiger partial charge in [0, 0.05) is 25.1 Å². The minimum absolute atomic E-state index is 0.107. The average molecular weight is 353 g/mol. The molecule has 1 aliphatic rings. The molecule has 3 heterocycles. The Kier molecular flexibility index (Phi) is 4.36. The SMILES string of the molecule is C[C@H]1CCN(C(=O)CCc2nc(-c3cccs3)no2)c2ccccc21. The highest BCUT2D eigenvalue weighted by atomic mass is 32.1. The van der Waals surface area contributed by atoms with Crippen molar-refractivity contribution in [2.75, 3.05) is 11.4 Å². The van der Waals surface area contributed by atoms with E-state index in [0.29, 0.717) is 30.5 Å². The zero-order valence-corrected chi connectivity index (χ0v) is 14.8. The Hall–Kier alpha value is -2.47. The van der Waals surface area contributed by atoms with E-state index >= 15 is 0 Å². The summed E-state index contributed by atoms with van der Waals surface area (Å²) in [5, 5.41) is 5.97. The van der Waals surface area contributed by atoms with E-state index in [1.54, 1.807) is 11.3 Å². The maximum absolute atomic E-state index is 12.7. The number of hydrogen-bond donors (Lipinski definition) is 0. The highest BCUT2D eigenvalue weighted by Crippen LogP contribution is 2.35. The van der Waals surface area contributed by atoms with Crippen molar-refractivity contribution in [3.8, 4) is 10.7 Å². The summed E-state index contributed by atoms with van der Waals surface area (Å²) in [6, 6.07) is 12.1. The third kappa shape index (κ3) is 3.22. The highest BCUT2D eigenvalue weighted by Gasteiger charge is 2.26. The van der Waals surface area contributed by atoms with Gasteiger partial charge < -0.3 is 9.42 Å². The molecule has 0 spiro atoms. The predicted octanol–water partition coefficient (Wildman–Crippen LogP) is 4.27. The molecule has 1 aliphatic heterocycles. The first-order valence-corrected chi connectivity index (χ1v) is 9.36. The van der Waals surface area contributed by atoms with Gasteiger partial charge in [0.15, 0.2) is 0 Å². The Morgan fingerprint density at radius 1 is 1.32 bits per heavy atom. The maximum atomic E-state index is 12.7. The molecule has 0 bridgehead atoms. The minimum atomic E-state index is 0.107. The van der Waals surface area contributed by atoms with E-state index in [2.05, 4.69) is 23.1 Å². The molecule has 6 heteroatoms. The van der Waals surface area contributed by atoms with Crippen LogP contribution in [0.1, 0.15) is 37.1 Å². The number of carbonyl (C=O) groups excluding carboxylic acids is 1. The van der Waals surface area contributed by atoms with Gasteiger partial charge in [-0.05, 0) is 35.4 Å². The van der Waals surface area contributed by atoms with E-state index in [9.17, 15) is 4.79 Å². The van der Waals surface area contributed by atoms with Crippen molar-refractivity contribution >= 4 is 22.9 Å². The number of thiophene rings is 1. The van der Waals surface area contributed by atoms with E-state index in [0.717, 1.165) is 23.5 Å². The Bertz CT molecular complexity index is 872. The summed E-state index contributed by atoms with van der Waals surface area (Å²) in [4.78, 5) is 20.0. The summed E-state index contributed by atoms with van der Waals surface area (Å²) >= 11 is 1.57. The molecule has 1 atom stereocenters. The Labute approximate surface area is 150 Å². The van der Waals surface area contributed by atoms with Crippen molar-refractivity contribution < 1.29 is 9.32 Å². The van der Waals surface area contributed by atoms with E-state index in [1.165, 1.54) is 5.56 Å². The van der Waals surface area contributed by atoms with E-state index in [4.69, 9.17) is 4.52 Å². The first kappa shape index (κ1) is 16.0. The molecule has 1 aromatic carbocycles. The summed E-state index contributed by atoms with van der Waals surface area (Å²) < 4.78 is 5.29. The van der Waals surface area contributed by atoms with Crippen LogP contribution in [-0.2, 0) is 11.2 Å². The van der Waals surface area contributed by atoms with Crippen LogP contribution in [0.25, 0.3) is 10.7 Å². The molecule has 0 N–H and O–H groups in total. The first-order chi connectivity index (χ1) is 12.2. The van der Waals surface area contributed by atoms with Crippen LogP contribution in [-0.4, -0.2) is 22.6 Å². The molecule has 128 valence electrons. The van der Waals surface area contributed by atoms with Crippen LogP contribution < -0.4 is 4.90 Å². The minimum Gasteiger partial charge on any atom is -0.339 e. The Morgan fingerprint density at radius 2 is 2.20 bits per heavy atom. The number of benzene rings is 1. The quantitative estimate of drug-likeness (QED) is 0.703. The van der Waals surface area contributed by atoms with Crippen molar-refractivity contribution in [1.82, 2.24) is 10.1 Å². The lowest BCUT2D eigenvalue weighted by molar-refractivity contribution is -0.118. The lowest BCUT2D eigenvalue weighted by Crippen LogP contribution is -2.36. The van der Waals surface area contributed by atoms with Gasteiger partial charge >= 0.3 is 0 Å². The van der Waals surface area contributed by atoms with Gasteiger partial charge in [0.05, 0.1) is 4.88 Å². The topological polar surface area (TPSA) is 59.2 Å². The summed E-state index contributed by atoms with van der Waals surface area (Å²) in [6.07, 6.45) is 1.83. The number of anilines is 1. The fraction of sp³-hybridized carbons (Fsp3) is 0.316. The van der Waals surface area contributed by atoms with Crippen LogP contribution in [0.4, 0.5) is 5.69 Å². The van der Waals surface area contributed by atoms with Gasteiger partial charge in [-0.1, -0.05) is 36.3 Å². The predicted molar refractivity (Wildman–Crippen MR) is 97.8 cm³/mol. The number of para-hydroxylation sites is 1. The molecule has 0 unspecified atom stereocenters. The molecule has 25 heavy (non-hydrogen) atoms. The van der Waals surface area contributed by atoms with Crippen LogP contribution in [0.15, 0.2) is 46.3 Å². The smallest absolute Gasteiger partial charge is 0.227 e. The van der Waals surface area contributed by atoms with Crippen LogP contribution in [0, 0.1) is 0 Å². The third-order valence-electron chi connectivity index (χ3n) is 4.61. The van der Waals surface area contributed by atoms with Gasteiger partial charge in [-0.2, -0.15) is 4.98 Å². The highest BCUT2D eigenvalue weighted by molar-refractivity contribution is 7.13. The van der Waals surface area contributed by atoms with Gasteiger partial charge in [-0.25, -0.2) is 0 Å². The summed E-state index contributed by atoms with van der Waals surface area (Å²) in [5.74, 6) is 1.70. The van der Waals surface area contributed by atoms with Crippen molar-refractivity contribution in [3.63, 3.8) is 0 Å². The summed E-state index contributed by atoms with van der Waals surface area (Å²) in [7, 11) is 0. The Balaban J connectivity index is 1.44. The first-order valence-electron chi connectivity index (χ1n) is 8.48. The van der Waals surface area contributed by atoms with Crippen molar-refractivity contribution in [2.24, 2.45) is 0 Å². The van der Waals surface area contributed by atoms with Crippen LogP contribution in [0.2, 0.25) is 0 Å². The lowest BCUT2D eigenvalue weighted by atomic mass is 9.91. The van der Waals surface area contributed by atoms with Gasteiger partial charge in [0.1, 0.15) is 0 Å². The Morgan fingerprint density at radius 3 is 3.04 bits per heavy atom. The number of fused-ring (bicyclic) bond motifs is 1. The largest absolute Gasteiger partial charge is 0.339 e. The van der Waals surface area contributed by atoms with Gasteiger partial charge in [-0.15, -0.1) is 11.3 Å². The average Bonchev–Trinajstić information content (AvgIpc) is 3.32. The standard InChI is InChI=1S/C19H19N3O2S/c1-13-10-11-22(15-6-3-2-5-14(13)15)18(23)9-8-17-20-19(21-24-17)16-7-4-12-25-16/h2-7,12-13H,8-11H2,1H3/t13-/m0/s1. The second-order valence-corrected chi connectivity index (χ2v) is 7.23. The summed E-state index contributed by atoms with van der Waals surface area (Å²) in [6.45, 7) is 2.98. The number of rotatable bonds is 4. The molecule has 4 rings (SSSR count). The molecule has 0 fully saturated rings. The van der Waals surface area contributed by atoms with E-state index in [1.807, 2.05) is 40.6 Å². The molecule has 0 radical (unpaired) electrons. The molecule has 0 aliphatic carbocycles. The molecule has 5 nitrogen and oxygen atoms in total. The number of aryl methyl sites for hydroxylation is 1. The number of carbonyl (C=O) groups is 1. The lowest BCUT2D eigenvalue weighted by Gasteiger charge is -2.33. The maximum Gasteiger partial charge on any atom is 0.227 e.